The Kier molecular flexibility index (Phi) is 4.46. The van der Waals surface area contributed by atoms with Gasteiger partial charge in [-0.1, -0.05) is 13.8 Å². The van der Waals surface area contributed by atoms with E-state index in [2.05, 4.69) is 21.5 Å². The Balaban J connectivity index is 1.79. The molecule has 2 aromatic rings. The van der Waals surface area contributed by atoms with E-state index in [1.54, 1.807) is 6.20 Å². The minimum absolute atomic E-state index is 0.0764. The molecule has 0 bridgehead atoms. The molecule has 0 atom stereocenters. The monoisotopic (exact) mass is 312 g/mol. The Labute approximate surface area is 137 Å². The van der Waals surface area contributed by atoms with Crippen LogP contribution in [0.15, 0.2) is 30.7 Å². The molecule has 0 radical (unpaired) electrons. The molecule has 1 aliphatic rings. The quantitative estimate of drug-likeness (QED) is 0.875. The van der Waals surface area contributed by atoms with Crippen molar-refractivity contribution < 1.29 is 4.79 Å². The zero-order valence-corrected chi connectivity index (χ0v) is 14.1. The zero-order chi connectivity index (χ0) is 16.4. The normalized spacial score (nSPS) is 16.1. The van der Waals surface area contributed by atoms with Crippen molar-refractivity contribution in [3.8, 4) is 11.4 Å². The van der Waals surface area contributed by atoms with Crippen LogP contribution in [-0.4, -0.2) is 38.4 Å². The number of piperidine rings is 1. The van der Waals surface area contributed by atoms with Gasteiger partial charge in [0.1, 0.15) is 5.82 Å². The minimum Gasteiger partial charge on any atom is -0.342 e. The lowest BCUT2D eigenvalue weighted by Gasteiger charge is -2.34. The first-order chi connectivity index (χ1) is 11.1. The highest BCUT2D eigenvalue weighted by atomic mass is 16.2. The fourth-order valence-corrected chi connectivity index (χ4v) is 3.33. The summed E-state index contributed by atoms with van der Waals surface area (Å²) in [6.07, 6.45) is 7.51. The van der Waals surface area contributed by atoms with E-state index in [1.807, 2.05) is 43.3 Å². The Morgan fingerprint density at radius 1 is 1.26 bits per heavy atom. The van der Waals surface area contributed by atoms with Crippen LogP contribution in [-0.2, 0) is 4.79 Å². The number of carbonyl (C=O) groups excluding carboxylic acids is 1. The zero-order valence-electron chi connectivity index (χ0n) is 14.1. The lowest BCUT2D eigenvalue weighted by molar-refractivity contribution is -0.135. The number of nitrogens with zero attached hydrogens (tertiary/aromatic N) is 4. The van der Waals surface area contributed by atoms with Crippen LogP contribution in [0.2, 0.25) is 0 Å². The largest absolute Gasteiger partial charge is 0.342 e. The summed E-state index contributed by atoms with van der Waals surface area (Å²) in [7, 11) is 0. The van der Waals surface area contributed by atoms with Crippen LogP contribution in [0.1, 0.15) is 38.4 Å². The Morgan fingerprint density at radius 2 is 2.00 bits per heavy atom. The van der Waals surface area contributed by atoms with Crippen molar-refractivity contribution >= 4 is 5.91 Å². The summed E-state index contributed by atoms with van der Waals surface area (Å²) in [6.45, 7) is 7.68. The summed E-state index contributed by atoms with van der Waals surface area (Å²) in [5.41, 5.74) is 2.21. The molecule has 3 heterocycles. The maximum absolute atomic E-state index is 12.1. The third-order valence-electron chi connectivity index (χ3n) is 4.54. The predicted octanol–water partition coefficient (Wildman–Crippen LogP) is 3.07. The molecule has 5 heteroatoms. The van der Waals surface area contributed by atoms with Crippen molar-refractivity contribution in [2.75, 3.05) is 13.1 Å². The number of hydrogen-bond acceptors (Lipinski definition) is 3. The molecule has 1 fully saturated rings. The van der Waals surface area contributed by atoms with Gasteiger partial charge in [-0.05, 0) is 31.9 Å². The molecule has 1 saturated heterocycles. The van der Waals surface area contributed by atoms with Crippen molar-refractivity contribution in [1.29, 1.82) is 0 Å². The average Bonchev–Trinajstić information content (AvgIpc) is 2.96. The summed E-state index contributed by atoms with van der Waals surface area (Å²) in [5, 5.41) is 0. The van der Waals surface area contributed by atoms with Gasteiger partial charge in [-0.2, -0.15) is 0 Å². The van der Waals surface area contributed by atoms with Gasteiger partial charge < -0.3 is 9.47 Å². The van der Waals surface area contributed by atoms with E-state index in [0.29, 0.717) is 6.04 Å². The molecule has 0 aromatic carbocycles. The van der Waals surface area contributed by atoms with E-state index in [4.69, 9.17) is 0 Å². The number of hydrogen-bond donors (Lipinski definition) is 0. The van der Waals surface area contributed by atoms with Gasteiger partial charge in [-0.15, -0.1) is 0 Å². The number of imidazole rings is 1. The van der Waals surface area contributed by atoms with Gasteiger partial charge in [0.25, 0.3) is 0 Å². The lowest BCUT2D eigenvalue weighted by atomic mass is 10.0. The Morgan fingerprint density at radius 3 is 2.61 bits per heavy atom. The third kappa shape index (κ3) is 3.14. The molecule has 0 N–H and O–H groups in total. The van der Waals surface area contributed by atoms with E-state index >= 15 is 0 Å². The second-order valence-corrected chi connectivity index (χ2v) is 6.55. The van der Waals surface area contributed by atoms with Crippen molar-refractivity contribution in [3.63, 3.8) is 0 Å². The number of rotatable bonds is 3. The fourth-order valence-electron chi connectivity index (χ4n) is 3.33. The molecular weight excluding hydrogens is 288 g/mol. The lowest BCUT2D eigenvalue weighted by Crippen LogP contribution is -2.41. The van der Waals surface area contributed by atoms with Crippen LogP contribution < -0.4 is 0 Å². The molecule has 23 heavy (non-hydrogen) atoms. The molecule has 0 aliphatic carbocycles. The Bertz CT molecular complexity index is 670. The molecule has 1 amide bonds. The molecule has 0 unspecified atom stereocenters. The van der Waals surface area contributed by atoms with E-state index in [1.165, 1.54) is 0 Å². The summed E-state index contributed by atoms with van der Waals surface area (Å²) >= 11 is 0. The molecule has 2 aromatic heterocycles. The third-order valence-corrected chi connectivity index (χ3v) is 4.54. The van der Waals surface area contributed by atoms with Gasteiger partial charge in [-0.25, -0.2) is 4.98 Å². The van der Waals surface area contributed by atoms with Gasteiger partial charge in [0.2, 0.25) is 5.91 Å². The van der Waals surface area contributed by atoms with Gasteiger partial charge in [0.15, 0.2) is 0 Å². The van der Waals surface area contributed by atoms with E-state index in [0.717, 1.165) is 43.0 Å². The van der Waals surface area contributed by atoms with Crippen molar-refractivity contribution in [2.45, 2.75) is 39.7 Å². The SMILES string of the molecule is Cc1cnc(-c2cccnc2)n1C1CCN(C(=O)C(C)C)CC1. The first-order valence-corrected chi connectivity index (χ1v) is 8.31. The van der Waals surface area contributed by atoms with Crippen LogP contribution in [0.4, 0.5) is 0 Å². The fraction of sp³-hybridized carbons (Fsp3) is 0.500. The number of pyridine rings is 1. The first kappa shape index (κ1) is 15.7. The highest BCUT2D eigenvalue weighted by Gasteiger charge is 2.27. The molecule has 1 aliphatic heterocycles. The van der Waals surface area contributed by atoms with Gasteiger partial charge >= 0.3 is 0 Å². The molecule has 5 nitrogen and oxygen atoms in total. The highest BCUT2D eigenvalue weighted by Crippen LogP contribution is 2.30. The van der Waals surface area contributed by atoms with Crippen molar-refractivity contribution in [1.82, 2.24) is 19.4 Å². The minimum atomic E-state index is 0.0764. The average molecular weight is 312 g/mol. The van der Waals surface area contributed by atoms with E-state index in [-0.39, 0.29) is 11.8 Å². The number of likely N-dealkylation sites (tertiary alicyclic amines) is 1. The summed E-state index contributed by atoms with van der Waals surface area (Å²) in [4.78, 5) is 22.9. The van der Waals surface area contributed by atoms with Crippen LogP contribution in [0, 0.1) is 12.8 Å². The van der Waals surface area contributed by atoms with Crippen LogP contribution in [0.3, 0.4) is 0 Å². The number of aryl methyl sites for hydroxylation is 1. The molecular formula is C18H24N4O. The van der Waals surface area contributed by atoms with Gasteiger partial charge in [-0.3, -0.25) is 9.78 Å². The van der Waals surface area contributed by atoms with Crippen LogP contribution in [0.5, 0.6) is 0 Å². The number of amides is 1. The number of aromatic nitrogens is 3. The van der Waals surface area contributed by atoms with Crippen molar-refractivity contribution in [3.05, 3.63) is 36.4 Å². The standard InChI is InChI=1S/C18H24N4O/c1-13(2)18(23)21-9-6-16(7-10-21)22-14(3)11-20-17(22)15-5-4-8-19-12-15/h4-5,8,11-13,16H,6-7,9-10H2,1-3H3. The van der Waals surface area contributed by atoms with E-state index < -0.39 is 0 Å². The first-order valence-electron chi connectivity index (χ1n) is 8.31. The second-order valence-electron chi connectivity index (χ2n) is 6.55. The van der Waals surface area contributed by atoms with Gasteiger partial charge in [0, 0.05) is 54.9 Å². The summed E-state index contributed by atoms with van der Waals surface area (Å²) < 4.78 is 2.31. The van der Waals surface area contributed by atoms with Crippen LogP contribution in [0.25, 0.3) is 11.4 Å². The van der Waals surface area contributed by atoms with Crippen LogP contribution >= 0.6 is 0 Å². The molecule has 0 spiro atoms. The van der Waals surface area contributed by atoms with Crippen molar-refractivity contribution in [2.24, 2.45) is 5.92 Å². The predicted molar refractivity (Wildman–Crippen MR) is 89.9 cm³/mol. The summed E-state index contributed by atoms with van der Waals surface area (Å²) in [5.74, 6) is 1.31. The smallest absolute Gasteiger partial charge is 0.225 e. The number of carbonyl (C=O) groups is 1. The second kappa shape index (κ2) is 6.52. The maximum Gasteiger partial charge on any atom is 0.225 e. The van der Waals surface area contributed by atoms with Gasteiger partial charge in [0.05, 0.1) is 0 Å². The van der Waals surface area contributed by atoms with E-state index in [9.17, 15) is 4.79 Å². The molecule has 3 rings (SSSR count). The highest BCUT2D eigenvalue weighted by molar-refractivity contribution is 5.78. The topological polar surface area (TPSA) is 51.0 Å². The molecule has 0 saturated carbocycles. The Hall–Kier alpha value is -2.17. The summed E-state index contributed by atoms with van der Waals surface area (Å²) in [6, 6.07) is 4.37. The molecule has 122 valence electrons. The maximum atomic E-state index is 12.1.